The molecule has 2 aliphatic rings. The summed E-state index contributed by atoms with van der Waals surface area (Å²) in [6, 6.07) is 9.31. The molecule has 0 N–H and O–H groups in total. The number of likely N-dealkylation sites (N-methyl/N-ethyl adjacent to an activating group) is 1. The molecule has 0 radical (unpaired) electrons. The van der Waals surface area contributed by atoms with Crippen LogP contribution >= 0.6 is 11.6 Å². The largest absolute Gasteiger partial charge is 0.306 e. The van der Waals surface area contributed by atoms with Crippen LogP contribution in [0.4, 0.5) is 0 Å². The summed E-state index contributed by atoms with van der Waals surface area (Å²) in [6.07, 6.45) is 8.31. The fourth-order valence-electron chi connectivity index (χ4n) is 3.75. The molecule has 2 heteroatoms. The molecule has 1 nitrogen and oxygen atoms in total. The maximum atomic E-state index is 6.05. The Morgan fingerprint density at radius 3 is 2.26 bits per heavy atom. The lowest BCUT2D eigenvalue weighted by Gasteiger charge is -2.51. The number of nitrogens with zero attached hydrogens (tertiary/aromatic N) is 1. The Morgan fingerprint density at radius 1 is 1.21 bits per heavy atom. The van der Waals surface area contributed by atoms with Crippen molar-refractivity contribution in [1.29, 1.82) is 0 Å². The van der Waals surface area contributed by atoms with E-state index in [0.29, 0.717) is 11.5 Å². The third-order valence-corrected chi connectivity index (χ3v) is 5.43. The normalized spacial score (nSPS) is 23.2. The number of hydrogen-bond acceptors (Lipinski definition) is 1. The van der Waals surface area contributed by atoms with Gasteiger partial charge in [-0.05, 0) is 57.0 Å². The number of rotatable bonds is 5. The van der Waals surface area contributed by atoms with E-state index >= 15 is 0 Å². The summed E-state index contributed by atoms with van der Waals surface area (Å²) in [7, 11) is 4.51. The van der Waals surface area contributed by atoms with Gasteiger partial charge < -0.3 is 4.90 Å². The molecule has 2 fully saturated rings. The second kappa shape index (κ2) is 5.10. The Bertz CT molecular complexity index is 429. The van der Waals surface area contributed by atoms with Gasteiger partial charge in [0, 0.05) is 16.5 Å². The van der Waals surface area contributed by atoms with E-state index in [2.05, 4.69) is 43.3 Å². The van der Waals surface area contributed by atoms with E-state index < -0.39 is 0 Å². The first-order valence-corrected chi connectivity index (χ1v) is 7.92. The zero-order valence-electron chi connectivity index (χ0n) is 12.0. The predicted octanol–water partition coefficient (Wildman–Crippen LogP) is 4.49. The summed E-state index contributed by atoms with van der Waals surface area (Å²) in [6.45, 7) is 0. The smallest absolute Gasteiger partial charge is 0.0406 e. The molecule has 0 unspecified atom stereocenters. The third kappa shape index (κ3) is 2.55. The molecule has 0 aliphatic heterocycles. The van der Waals surface area contributed by atoms with Crippen molar-refractivity contribution < 1.29 is 0 Å². The van der Waals surface area contributed by atoms with Crippen LogP contribution in [0, 0.1) is 5.92 Å². The minimum atomic E-state index is 0.386. The fourth-order valence-corrected chi connectivity index (χ4v) is 3.88. The van der Waals surface area contributed by atoms with Gasteiger partial charge in [0.25, 0.3) is 0 Å². The van der Waals surface area contributed by atoms with E-state index in [1.807, 2.05) is 0 Å². The molecule has 0 amide bonds. The highest BCUT2D eigenvalue weighted by molar-refractivity contribution is 6.30. The first kappa shape index (κ1) is 13.5. The minimum absolute atomic E-state index is 0.386. The predicted molar refractivity (Wildman–Crippen MR) is 81.8 cm³/mol. The summed E-state index contributed by atoms with van der Waals surface area (Å²) in [5.41, 5.74) is 1.89. The fraction of sp³-hybridized carbons (Fsp3) is 0.647. The molecule has 0 spiro atoms. The second-order valence-electron chi connectivity index (χ2n) is 6.68. The Hall–Kier alpha value is -0.530. The van der Waals surface area contributed by atoms with Crippen molar-refractivity contribution in [2.45, 2.75) is 50.0 Å². The van der Waals surface area contributed by atoms with Crippen molar-refractivity contribution in [3.63, 3.8) is 0 Å². The third-order valence-electron chi connectivity index (χ3n) is 5.18. The van der Waals surface area contributed by atoms with E-state index in [0.717, 1.165) is 10.9 Å². The summed E-state index contributed by atoms with van der Waals surface area (Å²) in [5, 5.41) is 0.849. The van der Waals surface area contributed by atoms with Crippen LogP contribution in [0.15, 0.2) is 24.3 Å². The zero-order valence-corrected chi connectivity index (χ0v) is 12.8. The Labute approximate surface area is 121 Å². The lowest BCUT2D eigenvalue weighted by molar-refractivity contribution is 0.0859. The van der Waals surface area contributed by atoms with Crippen molar-refractivity contribution in [1.82, 2.24) is 4.90 Å². The standard InChI is InChI=1S/C17H24ClN/c1-19(2)16(12-13-4-5-13)17(10-3-11-17)14-6-8-15(18)9-7-14/h6-9,13,16H,3-5,10-12H2,1-2H3/t16-/m1/s1. The maximum Gasteiger partial charge on any atom is 0.0406 e. The van der Waals surface area contributed by atoms with Gasteiger partial charge in [0.1, 0.15) is 0 Å². The van der Waals surface area contributed by atoms with Crippen LogP contribution in [0.5, 0.6) is 0 Å². The Kier molecular flexibility index (Phi) is 3.61. The first-order chi connectivity index (χ1) is 9.12. The topological polar surface area (TPSA) is 3.24 Å². The van der Waals surface area contributed by atoms with Crippen LogP contribution < -0.4 is 0 Å². The summed E-state index contributed by atoms with van der Waals surface area (Å²) in [5.74, 6) is 0.983. The molecule has 0 saturated heterocycles. The first-order valence-electron chi connectivity index (χ1n) is 7.54. The van der Waals surface area contributed by atoms with E-state index in [-0.39, 0.29) is 0 Å². The van der Waals surface area contributed by atoms with Gasteiger partial charge in [0.2, 0.25) is 0 Å². The van der Waals surface area contributed by atoms with Crippen molar-refractivity contribution in [2.24, 2.45) is 5.92 Å². The SMILES string of the molecule is CN(C)[C@H](CC1CC1)C1(c2ccc(Cl)cc2)CCC1. The van der Waals surface area contributed by atoms with Crippen molar-refractivity contribution >= 4 is 11.6 Å². The van der Waals surface area contributed by atoms with Gasteiger partial charge >= 0.3 is 0 Å². The number of halogens is 1. The lowest BCUT2D eigenvalue weighted by Crippen LogP contribution is -2.52. The molecule has 0 bridgehead atoms. The molecule has 104 valence electrons. The van der Waals surface area contributed by atoms with Gasteiger partial charge in [-0.3, -0.25) is 0 Å². The van der Waals surface area contributed by atoms with Crippen LogP contribution in [-0.4, -0.2) is 25.0 Å². The van der Waals surface area contributed by atoms with Crippen LogP contribution in [-0.2, 0) is 5.41 Å². The zero-order chi connectivity index (χ0) is 13.5. The second-order valence-corrected chi connectivity index (χ2v) is 7.11. The molecule has 2 aliphatic carbocycles. The van der Waals surface area contributed by atoms with E-state index in [9.17, 15) is 0 Å². The average Bonchev–Trinajstić information content (AvgIpc) is 3.12. The lowest BCUT2D eigenvalue weighted by atomic mass is 9.59. The molecule has 3 rings (SSSR count). The van der Waals surface area contributed by atoms with E-state index in [1.54, 1.807) is 0 Å². The Balaban J connectivity index is 1.89. The summed E-state index contributed by atoms with van der Waals surface area (Å²) in [4.78, 5) is 2.46. The number of benzene rings is 1. The number of hydrogen-bond donors (Lipinski definition) is 0. The van der Waals surface area contributed by atoms with Crippen LogP contribution in [0.1, 0.15) is 44.1 Å². The van der Waals surface area contributed by atoms with Crippen molar-refractivity contribution in [2.75, 3.05) is 14.1 Å². The van der Waals surface area contributed by atoms with Crippen LogP contribution in [0.2, 0.25) is 5.02 Å². The molecule has 1 aromatic rings. The minimum Gasteiger partial charge on any atom is -0.306 e. The monoisotopic (exact) mass is 277 g/mol. The molecular weight excluding hydrogens is 254 g/mol. The highest BCUT2D eigenvalue weighted by atomic mass is 35.5. The maximum absolute atomic E-state index is 6.05. The average molecular weight is 278 g/mol. The van der Waals surface area contributed by atoms with E-state index in [4.69, 9.17) is 11.6 Å². The van der Waals surface area contributed by atoms with Gasteiger partial charge in [-0.1, -0.05) is 43.0 Å². The molecule has 19 heavy (non-hydrogen) atoms. The van der Waals surface area contributed by atoms with Crippen LogP contribution in [0.3, 0.4) is 0 Å². The van der Waals surface area contributed by atoms with Gasteiger partial charge in [0.05, 0.1) is 0 Å². The molecule has 0 heterocycles. The molecule has 2 saturated carbocycles. The van der Waals surface area contributed by atoms with E-state index in [1.165, 1.54) is 44.1 Å². The van der Waals surface area contributed by atoms with Crippen molar-refractivity contribution in [3.05, 3.63) is 34.9 Å². The van der Waals surface area contributed by atoms with Gasteiger partial charge in [0.15, 0.2) is 0 Å². The summed E-state index contributed by atoms with van der Waals surface area (Å²) >= 11 is 6.05. The summed E-state index contributed by atoms with van der Waals surface area (Å²) < 4.78 is 0. The highest BCUT2D eigenvalue weighted by Gasteiger charge is 2.47. The molecule has 0 aromatic heterocycles. The highest BCUT2D eigenvalue weighted by Crippen LogP contribution is 2.51. The molecule has 1 aromatic carbocycles. The van der Waals surface area contributed by atoms with Gasteiger partial charge in [-0.2, -0.15) is 0 Å². The Morgan fingerprint density at radius 2 is 1.84 bits per heavy atom. The quantitative estimate of drug-likeness (QED) is 0.766. The van der Waals surface area contributed by atoms with Crippen molar-refractivity contribution in [3.8, 4) is 0 Å². The van der Waals surface area contributed by atoms with Gasteiger partial charge in [-0.25, -0.2) is 0 Å². The van der Waals surface area contributed by atoms with Gasteiger partial charge in [-0.15, -0.1) is 0 Å². The molecule has 1 atom stereocenters. The molecular formula is C17H24ClN. The van der Waals surface area contributed by atoms with Crippen LogP contribution in [0.25, 0.3) is 0 Å².